The topological polar surface area (TPSA) is 38.1 Å². The Labute approximate surface area is 138 Å². The van der Waals surface area contributed by atoms with Crippen LogP contribution >= 0.6 is 0 Å². The van der Waals surface area contributed by atoms with Crippen LogP contribution in [0.2, 0.25) is 0 Å². The minimum atomic E-state index is -0.124. The van der Waals surface area contributed by atoms with Gasteiger partial charge in [0.25, 0.3) is 0 Å². The summed E-state index contributed by atoms with van der Waals surface area (Å²) < 4.78 is 2.32. The van der Waals surface area contributed by atoms with Gasteiger partial charge in [-0.05, 0) is 38.8 Å². The number of benzene rings is 1. The maximum absolute atomic E-state index is 12.4. The van der Waals surface area contributed by atoms with Gasteiger partial charge in [-0.2, -0.15) is 0 Å². The Kier molecular flexibility index (Phi) is 3.95. The Morgan fingerprint density at radius 2 is 1.96 bits per heavy atom. The highest BCUT2D eigenvalue weighted by Gasteiger charge is 2.38. The molecule has 1 aliphatic heterocycles. The predicted octanol–water partition coefficient (Wildman–Crippen LogP) is 3.81. The van der Waals surface area contributed by atoms with E-state index in [2.05, 4.69) is 57.4 Å². The first kappa shape index (κ1) is 16.0. The van der Waals surface area contributed by atoms with E-state index in [4.69, 9.17) is 4.98 Å². The van der Waals surface area contributed by atoms with Gasteiger partial charge in [-0.1, -0.05) is 26.0 Å². The lowest BCUT2D eigenvalue weighted by molar-refractivity contribution is -0.131. The third kappa shape index (κ3) is 2.99. The highest BCUT2D eigenvalue weighted by atomic mass is 16.2. The Morgan fingerprint density at radius 3 is 2.57 bits per heavy atom. The van der Waals surface area contributed by atoms with Gasteiger partial charge in [0, 0.05) is 31.0 Å². The summed E-state index contributed by atoms with van der Waals surface area (Å²) in [6.07, 6.45) is 0.568. The van der Waals surface area contributed by atoms with Crippen molar-refractivity contribution in [1.29, 1.82) is 0 Å². The Balaban J connectivity index is 2.01. The monoisotopic (exact) mass is 313 g/mol. The summed E-state index contributed by atoms with van der Waals surface area (Å²) in [6.45, 7) is 12.5. The lowest BCUT2D eigenvalue weighted by Gasteiger charge is -2.32. The molecule has 0 saturated carbocycles. The van der Waals surface area contributed by atoms with Gasteiger partial charge in [0.15, 0.2) is 0 Å². The van der Waals surface area contributed by atoms with Gasteiger partial charge in [-0.15, -0.1) is 0 Å². The molecule has 0 N–H and O–H groups in total. The highest BCUT2D eigenvalue weighted by Crippen LogP contribution is 2.34. The maximum atomic E-state index is 12.4. The molecule has 0 spiro atoms. The van der Waals surface area contributed by atoms with Gasteiger partial charge in [-0.3, -0.25) is 4.79 Å². The number of rotatable bonds is 3. The Morgan fingerprint density at radius 1 is 1.26 bits per heavy atom. The molecule has 1 aromatic heterocycles. The predicted molar refractivity (Wildman–Crippen MR) is 93.4 cm³/mol. The zero-order valence-electron chi connectivity index (χ0n) is 14.8. The average molecular weight is 313 g/mol. The second-order valence-electron chi connectivity index (χ2n) is 8.04. The standard InChI is InChI=1S/C19H27N3O/c1-13(2)11-21-16-9-7-6-8-15(16)20-18(21)14-10-17(23)22(12-14)19(3,4)5/h6-9,13-14H,10-12H2,1-5H3. The SMILES string of the molecule is CC(C)Cn1c(C2CC(=O)N(C(C)(C)C)C2)nc2ccccc21. The molecule has 2 aromatic rings. The first-order chi connectivity index (χ1) is 10.8. The van der Waals surface area contributed by atoms with Crippen LogP contribution in [0.15, 0.2) is 24.3 Å². The highest BCUT2D eigenvalue weighted by molar-refractivity contribution is 5.81. The van der Waals surface area contributed by atoms with E-state index in [-0.39, 0.29) is 17.4 Å². The summed E-state index contributed by atoms with van der Waals surface area (Å²) in [4.78, 5) is 19.3. The lowest BCUT2D eigenvalue weighted by Crippen LogP contribution is -2.42. The van der Waals surface area contributed by atoms with Gasteiger partial charge in [0.1, 0.15) is 5.82 Å². The van der Waals surface area contributed by atoms with Crippen LogP contribution in [-0.4, -0.2) is 32.4 Å². The van der Waals surface area contributed by atoms with Crippen LogP contribution in [0.4, 0.5) is 0 Å². The number of para-hydroxylation sites is 2. The van der Waals surface area contributed by atoms with E-state index in [0.717, 1.165) is 24.4 Å². The Hall–Kier alpha value is -1.84. The van der Waals surface area contributed by atoms with E-state index in [1.54, 1.807) is 0 Å². The number of hydrogen-bond donors (Lipinski definition) is 0. The summed E-state index contributed by atoms with van der Waals surface area (Å²) in [6, 6.07) is 8.28. The molecule has 0 aliphatic carbocycles. The summed E-state index contributed by atoms with van der Waals surface area (Å²) in [5.41, 5.74) is 2.09. The van der Waals surface area contributed by atoms with E-state index in [9.17, 15) is 4.79 Å². The molecule has 1 aliphatic rings. The quantitative estimate of drug-likeness (QED) is 0.864. The van der Waals surface area contributed by atoms with Crippen LogP contribution in [0.3, 0.4) is 0 Å². The molecule has 0 bridgehead atoms. The zero-order chi connectivity index (χ0) is 16.8. The van der Waals surface area contributed by atoms with E-state index in [1.165, 1.54) is 5.52 Å². The number of nitrogens with zero attached hydrogens (tertiary/aromatic N) is 3. The molecule has 1 aromatic carbocycles. The molecule has 3 rings (SSSR count). The molecule has 1 atom stereocenters. The third-order valence-electron chi connectivity index (χ3n) is 4.53. The molecule has 0 radical (unpaired) electrons. The van der Waals surface area contributed by atoms with E-state index < -0.39 is 0 Å². The van der Waals surface area contributed by atoms with Crippen molar-refractivity contribution in [2.75, 3.05) is 6.54 Å². The lowest BCUT2D eigenvalue weighted by atomic mass is 10.1. The van der Waals surface area contributed by atoms with Crippen LogP contribution < -0.4 is 0 Å². The average Bonchev–Trinajstić information content (AvgIpc) is 2.99. The van der Waals surface area contributed by atoms with Crippen molar-refractivity contribution in [2.24, 2.45) is 5.92 Å². The molecular formula is C19H27N3O. The Bertz CT molecular complexity index is 724. The van der Waals surface area contributed by atoms with Gasteiger partial charge in [-0.25, -0.2) is 4.98 Å². The number of fused-ring (bicyclic) bond motifs is 1. The minimum absolute atomic E-state index is 0.124. The molecule has 1 unspecified atom stereocenters. The molecule has 4 heteroatoms. The molecule has 2 heterocycles. The zero-order valence-corrected chi connectivity index (χ0v) is 14.8. The number of aromatic nitrogens is 2. The van der Waals surface area contributed by atoms with Crippen LogP contribution in [0.5, 0.6) is 0 Å². The molecule has 4 nitrogen and oxygen atoms in total. The molecule has 124 valence electrons. The summed E-state index contributed by atoms with van der Waals surface area (Å²) in [5, 5.41) is 0. The van der Waals surface area contributed by atoms with Crippen molar-refractivity contribution < 1.29 is 4.79 Å². The largest absolute Gasteiger partial charge is 0.337 e. The smallest absolute Gasteiger partial charge is 0.223 e. The van der Waals surface area contributed by atoms with E-state index in [0.29, 0.717) is 12.3 Å². The first-order valence-corrected chi connectivity index (χ1v) is 8.53. The number of amides is 1. The van der Waals surface area contributed by atoms with Gasteiger partial charge >= 0.3 is 0 Å². The van der Waals surface area contributed by atoms with Crippen LogP contribution in [0.25, 0.3) is 11.0 Å². The summed E-state index contributed by atoms with van der Waals surface area (Å²) >= 11 is 0. The van der Waals surface area contributed by atoms with E-state index in [1.807, 2.05) is 11.0 Å². The van der Waals surface area contributed by atoms with Crippen molar-refractivity contribution >= 4 is 16.9 Å². The second-order valence-corrected chi connectivity index (χ2v) is 8.04. The maximum Gasteiger partial charge on any atom is 0.223 e. The number of imidazole rings is 1. The molecule has 1 fully saturated rings. The number of carbonyl (C=O) groups excluding carboxylic acids is 1. The van der Waals surface area contributed by atoms with Crippen molar-refractivity contribution in [2.45, 2.75) is 59.0 Å². The number of carbonyl (C=O) groups is 1. The second kappa shape index (κ2) is 5.66. The first-order valence-electron chi connectivity index (χ1n) is 8.53. The third-order valence-corrected chi connectivity index (χ3v) is 4.53. The fourth-order valence-corrected chi connectivity index (χ4v) is 3.49. The molecular weight excluding hydrogens is 286 g/mol. The summed E-state index contributed by atoms with van der Waals surface area (Å²) in [5.74, 6) is 2.04. The minimum Gasteiger partial charge on any atom is -0.337 e. The summed E-state index contributed by atoms with van der Waals surface area (Å²) in [7, 11) is 0. The van der Waals surface area contributed by atoms with Crippen LogP contribution in [0.1, 0.15) is 52.8 Å². The molecule has 1 amide bonds. The number of likely N-dealkylation sites (tertiary alicyclic amines) is 1. The van der Waals surface area contributed by atoms with Gasteiger partial charge < -0.3 is 9.47 Å². The van der Waals surface area contributed by atoms with Crippen LogP contribution in [-0.2, 0) is 11.3 Å². The fraction of sp³-hybridized carbons (Fsp3) is 0.579. The van der Waals surface area contributed by atoms with Crippen molar-refractivity contribution in [3.8, 4) is 0 Å². The normalized spacial score (nSPS) is 19.3. The van der Waals surface area contributed by atoms with Gasteiger partial charge in [0.2, 0.25) is 5.91 Å². The number of hydrogen-bond acceptors (Lipinski definition) is 2. The molecule has 23 heavy (non-hydrogen) atoms. The van der Waals surface area contributed by atoms with E-state index >= 15 is 0 Å². The van der Waals surface area contributed by atoms with Gasteiger partial charge in [0.05, 0.1) is 11.0 Å². The molecule has 1 saturated heterocycles. The van der Waals surface area contributed by atoms with Crippen molar-refractivity contribution in [3.63, 3.8) is 0 Å². The van der Waals surface area contributed by atoms with Crippen LogP contribution in [0, 0.1) is 5.92 Å². The van der Waals surface area contributed by atoms with Crippen molar-refractivity contribution in [3.05, 3.63) is 30.1 Å². The van der Waals surface area contributed by atoms with Crippen molar-refractivity contribution in [1.82, 2.24) is 14.5 Å². The fourth-order valence-electron chi connectivity index (χ4n) is 3.49.